The van der Waals surface area contributed by atoms with E-state index in [0.29, 0.717) is 18.7 Å². The van der Waals surface area contributed by atoms with Gasteiger partial charge >= 0.3 is 6.18 Å². The molecule has 1 saturated carbocycles. The molecule has 0 bridgehead atoms. The Morgan fingerprint density at radius 3 is 2.72 bits per heavy atom. The standard InChI is InChI=1S/C11H17F3N4/c1-7(10-15-6-16-18-10)17-9-5-3-2-4-8(9)11(12,13)14/h6-9,17H,2-5H2,1H3,(H,15,16,18). The Labute approximate surface area is 103 Å². The van der Waals surface area contributed by atoms with Crippen LogP contribution in [0.15, 0.2) is 6.33 Å². The van der Waals surface area contributed by atoms with Gasteiger partial charge in [-0.1, -0.05) is 12.8 Å². The number of hydrogen-bond acceptors (Lipinski definition) is 3. The van der Waals surface area contributed by atoms with Crippen LogP contribution < -0.4 is 5.32 Å². The highest BCUT2D eigenvalue weighted by Gasteiger charge is 2.45. The molecule has 1 aromatic heterocycles. The Morgan fingerprint density at radius 2 is 2.11 bits per heavy atom. The number of aromatic nitrogens is 3. The van der Waals surface area contributed by atoms with Crippen LogP contribution in [0.25, 0.3) is 0 Å². The molecule has 0 aliphatic heterocycles. The molecule has 2 rings (SSSR count). The average Bonchev–Trinajstić information content (AvgIpc) is 2.81. The van der Waals surface area contributed by atoms with E-state index < -0.39 is 18.1 Å². The van der Waals surface area contributed by atoms with E-state index in [1.54, 1.807) is 6.92 Å². The molecule has 1 aromatic rings. The second kappa shape index (κ2) is 5.26. The molecule has 0 amide bonds. The Bertz CT molecular complexity index is 363. The quantitative estimate of drug-likeness (QED) is 0.880. The molecule has 1 aliphatic rings. The SMILES string of the molecule is CC(NC1CCCCC1C(F)(F)F)c1ncn[nH]1. The smallest absolute Gasteiger partial charge is 0.304 e. The maximum absolute atomic E-state index is 12.9. The van der Waals surface area contributed by atoms with Gasteiger partial charge in [0.1, 0.15) is 12.2 Å². The predicted molar refractivity (Wildman–Crippen MR) is 59.7 cm³/mol. The molecule has 1 heterocycles. The largest absolute Gasteiger partial charge is 0.393 e. The van der Waals surface area contributed by atoms with Crippen molar-refractivity contribution in [3.05, 3.63) is 12.2 Å². The Morgan fingerprint density at radius 1 is 1.39 bits per heavy atom. The van der Waals surface area contributed by atoms with E-state index in [1.807, 2.05) is 0 Å². The first-order valence-corrected chi connectivity index (χ1v) is 6.16. The van der Waals surface area contributed by atoms with Gasteiger partial charge in [0.05, 0.1) is 12.0 Å². The maximum Gasteiger partial charge on any atom is 0.393 e. The monoisotopic (exact) mass is 262 g/mol. The lowest BCUT2D eigenvalue weighted by Crippen LogP contribution is -2.46. The third-order valence-corrected chi connectivity index (χ3v) is 3.49. The molecule has 0 aromatic carbocycles. The molecule has 2 N–H and O–H groups in total. The average molecular weight is 262 g/mol. The fourth-order valence-electron chi connectivity index (χ4n) is 2.55. The van der Waals surface area contributed by atoms with Gasteiger partial charge in [0, 0.05) is 6.04 Å². The number of alkyl halides is 3. The molecule has 1 fully saturated rings. The maximum atomic E-state index is 12.9. The normalized spacial score (nSPS) is 27.1. The minimum atomic E-state index is -4.13. The summed E-state index contributed by atoms with van der Waals surface area (Å²) in [6.07, 6.45) is -0.506. The fraction of sp³-hybridized carbons (Fsp3) is 0.818. The topological polar surface area (TPSA) is 53.6 Å². The van der Waals surface area contributed by atoms with Gasteiger partial charge in [-0.15, -0.1) is 0 Å². The highest BCUT2D eigenvalue weighted by atomic mass is 19.4. The molecule has 0 saturated heterocycles. The summed E-state index contributed by atoms with van der Waals surface area (Å²) in [5, 5.41) is 9.41. The highest BCUT2D eigenvalue weighted by molar-refractivity contribution is 4.93. The molecular weight excluding hydrogens is 245 g/mol. The van der Waals surface area contributed by atoms with Gasteiger partial charge in [0.2, 0.25) is 0 Å². The minimum Gasteiger partial charge on any atom is -0.304 e. The van der Waals surface area contributed by atoms with Gasteiger partial charge in [-0.2, -0.15) is 18.3 Å². The molecule has 3 atom stereocenters. The van der Waals surface area contributed by atoms with Gasteiger partial charge in [-0.05, 0) is 19.8 Å². The molecule has 7 heteroatoms. The van der Waals surface area contributed by atoms with Crippen molar-refractivity contribution in [3.8, 4) is 0 Å². The Balaban J connectivity index is 2.01. The Kier molecular flexibility index (Phi) is 3.89. The molecule has 4 nitrogen and oxygen atoms in total. The number of rotatable bonds is 3. The van der Waals surface area contributed by atoms with E-state index in [2.05, 4.69) is 20.5 Å². The van der Waals surface area contributed by atoms with Gasteiger partial charge in [0.15, 0.2) is 0 Å². The summed E-state index contributed by atoms with van der Waals surface area (Å²) in [4.78, 5) is 3.96. The van der Waals surface area contributed by atoms with Crippen molar-refractivity contribution >= 4 is 0 Å². The zero-order valence-corrected chi connectivity index (χ0v) is 10.2. The van der Waals surface area contributed by atoms with Crippen molar-refractivity contribution in [1.82, 2.24) is 20.5 Å². The first-order valence-electron chi connectivity index (χ1n) is 6.16. The van der Waals surface area contributed by atoms with Crippen LogP contribution in [0.2, 0.25) is 0 Å². The van der Waals surface area contributed by atoms with E-state index in [9.17, 15) is 13.2 Å². The number of H-pyrrole nitrogens is 1. The van der Waals surface area contributed by atoms with E-state index in [1.165, 1.54) is 6.33 Å². The second-order valence-electron chi connectivity index (χ2n) is 4.80. The van der Waals surface area contributed by atoms with Gasteiger partial charge in [0.25, 0.3) is 0 Å². The third-order valence-electron chi connectivity index (χ3n) is 3.49. The van der Waals surface area contributed by atoms with Crippen LogP contribution in [-0.4, -0.2) is 27.4 Å². The first-order chi connectivity index (χ1) is 8.48. The minimum absolute atomic E-state index is 0.213. The van der Waals surface area contributed by atoms with Crippen molar-refractivity contribution in [1.29, 1.82) is 0 Å². The van der Waals surface area contributed by atoms with E-state index in [0.717, 1.165) is 6.42 Å². The third kappa shape index (κ3) is 3.01. The number of aromatic amines is 1. The highest BCUT2D eigenvalue weighted by Crippen LogP contribution is 2.38. The number of nitrogens with zero attached hydrogens (tertiary/aromatic N) is 2. The molecule has 0 radical (unpaired) electrons. The van der Waals surface area contributed by atoms with Crippen molar-refractivity contribution in [2.75, 3.05) is 0 Å². The van der Waals surface area contributed by atoms with Crippen molar-refractivity contribution < 1.29 is 13.2 Å². The summed E-state index contributed by atoms with van der Waals surface area (Å²) in [6, 6.07) is -0.778. The van der Waals surface area contributed by atoms with Crippen LogP contribution in [0.3, 0.4) is 0 Å². The zero-order chi connectivity index (χ0) is 13.2. The number of nitrogens with one attached hydrogen (secondary N) is 2. The van der Waals surface area contributed by atoms with Crippen LogP contribution >= 0.6 is 0 Å². The van der Waals surface area contributed by atoms with Crippen LogP contribution in [0.5, 0.6) is 0 Å². The van der Waals surface area contributed by atoms with E-state index in [4.69, 9.17) is 0 Å². The van der Waals surface area contributed by atoms with E-state index >= 15 is 0 Å². The number of halogens is 3. The zero-order valence-electron chi connectivity index (χ0n) is 10.2. The molecule has 1 aliphatic carbocycles. The van der Waals surface area contributed by atoms with E-state index in [-0.39, 0.29) is 12.5 Å². The molecule has 18 heavy (non-hydrogen) atoms. The first kappa shape index (κ1) is 13.3. The second-order valence-corrected chi connectivity index (χ2v) is 4.80. The van der Waals surface area contributed by atoms with Gasteiger partial charge < -0.3 is 5.32 Å². The molecule has 3 unspecified atom stereocenters. The summed E-state index contributed by atoms with van der Waals surface area (Å²) in [5.74, 6) is -0.682. The lowest BCUT2D eigenvalue weighted by molar-refractivity contribution is -0.189. The molecule has 0 spiro atoms. The van der Waals surface area contributed by atoms with Crippen LogP contribution in [0, 0.1) is 5.92 Å². The summed E-state index contributed by atoms with van der Waals surface area (Å²) < 4.78 is 38.7. The lowest BCUT2D eigenvalue weighted by atomic mass is 9.83. The van der Waals surface area contributed by atoms with Gasteiger partial charge in [-0.3, -0.25) is 5.10 Å². The fourth-order valence-corrected chi connectivity index (χ4v) is 2.55. The predicted octanol–water partition coefficient (Wildman–Crippen LogP) is 2.58. The van der Waals surface area contributed by atoms with Crippen LogP contribution in [0.4, 0.5) is 13.2 Å². The Hall–Kier alpha value is -1.11. The summed E-state index contributed by atoms with van der Waals surface area (Å²) >= 11 is 0. The number of hydrogen-bond donors (Lipinski definition) is 2. The summed E-state index contributed by atoms with van der Waals surface area (Å²) in [7, 11) is 0. The summed E-state index contributed by atoms with van der Waals surface area (Å²) in [6.45, 7) is 1.79. The lowest BCUT2D eigenvalue weighted by Gasteiger charge is -2.35. The van der Waals surface area contributed by atoms with Crippen LogP contribution in [0.1, 0.15) is 44.5 Å². The molecular formula is C11H17F3N4. The van der Waals surface area contributed by atoms with Crippen LogP contribution in [-0.2, 0) is 0 Å². The molecule has 102 valence electrons. The summed E-state index contributed by atoms with van der Waals surface area (Å²) in [5.41, 5.74) is 0. The van der Waals surface area contributed by atoms with Crippen molar-refractivity contribution in [2.24, 2.45) is 5.92 Å². The van der Waals surface area contributed by atoms with Crippen molar-refractivity contribution in [2.45, 2.75) is 50.9 Å². The van der Waals surface area contributed by atoms with Gasteiger partial charge in [-0.25, -0.2) is 4.98 Å². The van der Waals surface area contributed by atoms with Crippen molar-refractivity contribution in [3.63, 3.8) is 0 Å².